The standard InChI is InChI=1S/C25H23F5N4O4/c1-2-32-10-4-7-17(14-32)33-21-13-19(27)18(26)12-20(21)31-23(33)16-6-3-5-15(11-16)8-9-22(35)34(37)38-24(36)25(28,29)30/h3,5-6,8-9,11-13,17,37H,2,4,7,10,14H2,1H3/t17-/m1/s1. The molecule has 38 heavy (non-hydrogen) atoms. The van der Waals surface area contributed by atoms with Crippen molar-refractivity contribution >= 4 is 29.0 Å². The first-order valence-electron chi connectivity index (χ1n) is 11.7. The van der Waals surface area contributed by atoms with E-state index in [0.29, 0.717) is 35.1 Å². The number of carbonyl (C=O) groups excluding carboxylic acids is 2. The van der Waals surface area contributed by atoms with Crippen LogP contribution >= 0.6 is 0 Å². The molecule has 1 fully saturated rings. The molecule has 0 spiro atoms. The Hall–Kier alpha value is -3.84. The van der Waals surface area contributed by atoms with Crippen molar-refractivity contribution in [3.63, 3.8) is 0 Å². The molecule has 2 heterocycles. The van der Waals surface area contributed by atoms with Crippen LogP contribution in [-0.4, -0.2) is 62.6 Å². The number of hydroxylamine groups is 2. The van der Waals surface area contributed by atoms with Crippen molar-refractivity contribution in [1.29, 1.82) is 0 Å². The van der Waals surface area contributed by atoms with E-state index < -0.39 is 34.9 Å². The zero-order valence-corrected chi connectivity index (χ0v) is 20.1. The number of likely N-dealkylation sites (N-methyl/N-ethyl adjacent to an activating group) is 1. The van der Waals surface area contributed by atoms with E-state index in [1.165, 1.54) is 6.08 Å². The maximum Gasteiger partial charge on any atom is 0.493 e. The Labute approximate surface area is 213 Å². The molecule has 0 bridgehead atoms. The van der Waals surface area contributed by atoms with Crippen molar-refractivity contribution in [2.75, 3.05) is 19.6 Å². The van der Waals surface area contributed by atoms with Gasteiger partial charge in [-0.1, -0.05) is 25.1 Å². The molecule has 1 saturated heterocycles. The van der Waals surface area contributed by atoms with Crippen molar-refractivity contribution < 1.29 is 41.6 Å². The maximum atomic E-state index is 14.2. The second-order valence-electron chi connectivity index (χ2n) is 8.70. The summed E-state index contributed by atoms with van der Waals surface area (Å²) in [5.74, 6) is -5.78. The zero-order valence-electron chi connectivity index (χ0n) is 20.1. The summed E-state index contributed by atoms with van der Waals surface area (Å²) in [7, 11) is 0. The van der Waals surface area contributed by atoms with E-state index in [1.807, 2.05) is 11.5 Å². The van der Waals surface area contributed by atoms with E-state index in [1.54, 1.807) is 24.3 Å². The first kappa shape index (κ1) is 27.2. The molecule has 0 aliphatic carbocycles. The average molecular weight is 538 g/mol. The molecule has 3 aromatic rings. The van der Waals surface area contributed by atoms with Gasteiger partial charge >= 0.3 is 18.1 Å². The normalized spacial score (nSPS) is 16.8. The molecule has 0 unspecified atom stereocenters. The van der Waals surface area contributed by atoms with Crippen LogP contribution in [0.1, 0.15) is 31.4 Å². The van der Waals surface area contributed by atoms with Gasteiger partial charge in [0.15, 0.2) is 11.6 Å². The Morgan fingerprint density at radius 1 is 1.21 bits per heavy atom. The van der Waals surface area contributed by atoms with Crippen LogP contribution < -0.4 is 0 Å². The number of hydrogen-bond donors (Lipinski definition) is 1. The molecule has 202 valence electrons. The molecule has 0 saturated carbocycles. The highest BCUT2D eigenvalue weighted by Gasteiger charge is 2.43. The van der Waals surface area contributed by atoms with Gasteiger partial charge in [-0.25, -0.2) is 18.6 Å². The van der Waals surface area contributed by atoms with E-state index in [2.05, 4.69) is 14.7 Å². The molecule has 4 rings (SSSR count). The summed E-state index contributed by atoms with van der Waals surface area (Å²) in [6.45, 7) is 4.48. The number of aromatic nitrogens is 2. The molecule has 0 radical (unpaired) electrons. The number of likely N-dealkylation sites (tertiary alicyclic amines) is 1. The van der Waals surface area contributed by atoms with Crippen LogP contribution in [0.3, 0.4) is 0 Å². The lowest BCUT2D eigenvalue weighted by Gasteiger charge is -2.33. The Morgan fingerprint density at radius 3 is 2.66 bits per heavy atom. The maximum absolute atomic E-state index is 14.2. The average Bonchev–Trinajstić information content (AvgIpc) is 3.25. The van der Waals surface area contributed by atoms with E-state index in [9.17, 15) is 36.7 Å². The van der Waals surface area contributed by atoms with Crippen molar-refractivity contribution in [2.24, 2.45) is 0 Å². The molecule has 1 aliphatic rings. The summed E-state index contributed by atoms with van der Waals surface area (Å²) in [6, 6.07) is 8.61. The topological polar surface area (TPSA) is 87.9 Å². The molecular weight excluding hydrogens is 515 g/mol. The monoisotopic (exact) mass is 538 g/mol. The van der Waals surface area contributed by atoms with Gasteiger partial charge in [-0.3, -0.25) is 10.0 Å². The van der Waals surface area contributed by atoms with Crippen LogP contribution in [0, 0.1) is 11.6 Å². The predicted molar refractivity (Wildman–Crippen MR) is 125 cm³/mol. The van der Waals surface area contributed by atoms with Crippen molar-refractivity contribution in [1.82, 2.24) is 19.7 Å². The van der Waals surface area contributed by atoms with Crippen LogP contribution in [0.25, 0.3) is 28.5 Å². The highest BCUT2D eigenvalue weighted by molar-refractivity contribution is 5.91. The van der Waals surface area contributed by atoms with Gasteiger partial charge in [0.2, 0.25) is 0 Å². The highest BCUT2D eigenvalue weighted by atomic mass is 19.4. The summed E-state index contributed by atoms with van der Waals surface area (Å²) in [5.41, 5.74) is 1.64. The Kier molecular flexibility index (Phi) is 7.78. The lowest BCUT2D eigenvalue weighted by molar-refractivity contribution is -0.312. The predicted octanol–water partition coefficient (Wildman–Crippen LogP) is 4.89. The number of fused-ring (bicyclic) bond motifs is 1. The minimum atomic E-state index is -5.40. The number of amides is 1. The number of imidazole rings is 1. The number of halogens is 5. The molecule has 1 aromatic heterocycles. The van der Waals surface area contributed by atoms with Gasteiger partial charge in [-0.2, -0.15) is 13.2 Å². The number of hydrogen-bond acceptors (Lipinski definition) is 6. The summed E-state index contributed by atoms with van der Waals surface area (Å²) < 4.78 is 66.9. The largest absolute Gasteiger partial charge is 0.493 e. The highest BCUT2D eigenvalue weighted by Crippen LogP contribution is 2.34. The smallest absolute Gasteiger partial charge is 0.319 e. The summed E-state index contributed by atoms with van der Waals surface area (Å²) in [5, 5.41) is 8.50. The molecule has 1 aliphatic heterocycles. The minimum Gasteiger partial charge on any atom is -0.319 e. The SMILES string of the molecule is CCN1CCC[C@@H](n2c(-c3cccc(C=CC(=O)N(O)OC(=O)C(F)(F)F)c3)nc3cc(F)c(F)cc32)C1. The fraction of sp³-hybridized carbons (Fsp3) is 0.320. The number of benzene rings is 2. The van der Waals surface area contributed by atoms with Gasteiger partial charge < -0.3 is 14.3 Å². The third kappa shape index (κ3) is 5.83. The van der Waals surface area contributed by atoms with E-state index >= 15 is 0 Å². The molecule has 1 N–H and O–H groups in total. The van der Waals surface area contributed by atoms with Crippen LogP contribution in [-0.2, 0) is 14.4 Å². The second-order valence-corrected chi connectivity index (χ2v) is 8.70. The van der Waals surface area contributed by atoms with Crippen LogP contribution in [0.15, 0.2) is 42.5 Å². The number of carbonyl (C=O) groups is 2. The Morgan fingerprint density at radius 2 is 1.95 bits per heavy atom. The third-order valence-electron chi connectivity index (χ3n) is 6.18. The summed E-state index contributed by atoms with van der Waals surface area (Å²) >= 11 is 0. The molecule has 8 nitrogen and oxygen atoms in total. The molecule has 13 heteroatoms. The van der Waals surface area contributed by atoms with Gasteiger partial charge in [0, 0.05) is 36.4 Å². The number of piperidine rings is 1. The Balaban J connectivity index is 1.66. The van der Waals surface area contributed by atoms with Crippen LogP contribution in [0.5, 0.6) is 0 Å². The molecule has 1 atom stereocenters. The quantitative estimate of drug-likeness (QED) is 0.216. The fourth-order valence-corrected chi connectivity index (χ4v) is 4.38. The molecular formula is C25H23F5N4O4. The number of nitrogens with zero attached hydrogens (tertiary/aromatic N) is 4. The first-order chi connectivity index (χ1) is 18.0. The number of alkyl halides is 3. The molecule has 2 aromatic carbocycles. The molecule has 1 amide bonds. The van der Waals surface area contributed by atoms with Gasteiger partial charge in [-0.05, 0) is 48.9 Å². The third-order valence-corrected chi connectivity index (χ3v) is 6.18. The van der Waals surface area contributed by atoms with E-state index in [-0.39, 0.29) is 11.6 Å². The first-order valence-corrected chi connectivity index (χ1v) is 11.7. The lowest BCUT2D eigenvalue weighted by atomic mass is 10.0. The zero-order chi connectivity index (χ0) is 27.6. The fourth-order valence-electron chi connectivity index (χ4n) is 4.38. The van der Waals surface area contributed by atoms with Gasteiger partial charge in [0.25, 0.3) is 0 Å². The van der Waals surface area contributed by atoms with Crippen molar-refractivity contribution in [3.05, 3.63) is 59.7 Å². The van der Waals surface area contributed by atoms with Crippen LogP contribution in [0.4, 0.5) is 22.0 Å². The Bertz CT molecular complexity index is 1390. The van der Waals surface area contributed by atoms with Gasteiger partial charge in [0.1, 0.15) is 5.82 Å². The summed E-state index contributed by atoms with van der Waals surface area (Å²) in [4.78, 5) is 33.0. The van der Waals surface area contributed by atoms with E-state index in [4.69, 9.17) is 0 Å². The second kappa shape index (κ2) is 10.9. The van der Waals surface area contributed by atoms with E-state index in [0.717, 1.165) is 38.1 Å². The van der Waals surface area contributed by atoms with Crippen LogP contribution in [0.2, 0.25) is 0 Å². The van der Waals surface area contributed by atoms with Gasteiger partial charge in [-0.15, -0.1) is 0 Å². The number of rotatable bonds is 5. The van der Waals surface area contributed by atoms with Crippen molar-refractivity contribution in [3.8, 4) is 11.4 Å². The minimum absolute atomic E-state index is 0.0689. The van der Waals surface area contributed by atoms with Crippen molar-refractivity contribution in [2.45, 2.75) is 32.0 Å². The lowest BCUT2D eigenvalue weighted by Crippen LogP contribution is -2.36. The summed E-state index contributed by atoms with van der Waals surface area (Å²) in [6.07, 6.45) is -1.81. The van der Waals surface area contributed by atoms with Gasteiger partial charge in [0.05, 0.1) is 11.0 Å².